The Labute approximate surface area is 251 Å². The summed E-state index contributed by atoms with van der Waals surface area (Å²) in [5.74, 6) is 1.57. The molecule has 7 heteroatoms. The van der Waals surface area contributed by atoms with Crippen molar-refractivity contribution in [3.63, 3.8) is 0 Å². The van der Waals surface area contributed by atoms with Crippen LogP contribution in [0, 0.1) is 27.7 Å². The topological polar surface area (TPSA) is 42.3 Å². The van der Waals surface area contributed by atoms with Gasteiger partial charge >= 0.3 is 0 Å². The first kappa shape index (κ1) is 27.1. The Morgan fingerprint density at radius 1 is 0.805 bits per heavy atom. The lowest BCUT2D eigenvalue weighted by molar-refractivity contribution is 0.482. The Bertz CT molecular complexity index is 1710. The highest BCUT2D eigenvalue weighted by atomic mass is 35.5. The van der Waals surface area contributed by atoms with Gasteiger partial charge in [-0.1, -0.05) is 41.4 Å². The van der Waals surface area contributed by atoms with Crippen molar-refractivity contribution < 1.29 is 4.74 Å². The van der Waals surface area contributed by atoms with Crippen LogP contribution in [0.4, 0.5) is 5.69 Å². The van der Waals surface area contributed by atoms with Crippen LogP contribution in [0.25, 0.3) is 5.69 Å². The molecule has 5 nitrogen and oxygen atoms in total. The number of anilines is 1. The van der Waals surface area contributed by atoms with Crippen molar-refractivity contribution in [1.29, 1.82) is 0 Å². The number of ether oxygens (including phenoxy) is 1. The van der Waals surface area contributed by atoms with Crippen molar-refractivity contribution in [1.82, 2.24) is 14.9 Å². The smallest absolute Gasteiger partial charge is 0.174 e. The Balaban J connectivity index is 1.44. The second-order valence-electron chi connectivity index (χ2n) is 10.4. The van der Waals surface area contributed by atoms with Gasteiger partial charge in [-0.3, -0.25) is 4.98 Å². The van der Waals surface area contributed by atoms with E-state index in [4.69, 9.17) is 33.5 Å². The number of benzene rings is 3. The van der Waals surface area contributed by atoms with E-state index in [0.717, 1.165) is 34.3 Å². The Hall–Kier alpha value is -4.13. The van der Waals surface area contributed by atoms with Crippen molar-refractivity contribution in [2.75, 3.05) is 4.90 Å². The third kappa shape index (κ3) is 5.09. The van der Waals surface area contributed by atoms with Gasteiger partial charge < -0.3 is 19.5 Å². The van der Waals surface area contributed by atoms with Gasteiger partial charge in [0.15, 0.2) is 5.11 Å². The van der Waals surface area contributed by atoms with Gasteiger partial charge in [-0.25, -0.2) is 0 Å². The van der Waals surface area contributed by atoms with Gasteiger partial charge in [0.25, 0.3) is 0 Å². The fourth-order valence-corrected chi connectivity index (χ4v) is 6.32. The highest BCUT2D eigenvalue weighted by molar-refractivity contribution is 7.80. The highest BCUT2D eigenvalue weighted by Crippen LogP contribution is 2.45. The average Bonchev–Trinajstić information content (AvgIpc) is 3.42. The average molecular weight is 579 g/mol. The summed E-state index contributed by atoms with van der Waals surface area (Å²) in [6.45, 7) is 8.58. The molecule has 2 aromatic heterocycles. The normalized spacial score (nSPS) is 16.6. The third-order valence-corrected chi connectivity index (χ3v) is 8.39. The first-order valence-electron chi connectivity index (χ1n) is 13.6. The maximum Gasteiger partial charge on any atom is 0.174 e. The van der Waals surface area contributed by atoms with E-state index in [1.165, 1.54) is 22.4 Å². The number of hydrogen-bond donors (Lipinski definition) is 1. The van der Waals surface area contributed by atoms with E-state index in [-0.39, 0.29) is 12.1 Å². The molecule has 5 aromatic rings. The monoisotopic (exact) mass is 578 g/mol. The van der Waals surface area contributed by atoms with Crippen molar-refractivity contribution in [2.24, 2.45) is 0 Å². The molecule has 0 aliphatic carbocycles. The second-order valence-corrected chi connectivity index (χ2v) is 11.3. The molecule has 2 atom stereocenters. The first-order chi connectivity index (χ1) is 19.8. The standard InChI is InChI=1S/C34H31ClN4OS/c1-21-11-15-28(16-12-21)40-29-17-13-26(14-18-29)39-33(32(37-34(39)41)30-10-5-6-19-36-30)31-22(2)23(3)38(24(31)4)27-9-7-8-25(35)20-27/h5-20,32-33H,1-4H3,(H,37,41)/t32-,33-/m0/s1. The van der Waals surface area contributed by atoms with Gasteiger partial charge in [-0.05, 0) is 112 Å². The molecule has 0 radical (unpaired) electrons. The molecule has 0 saturated carbocycles. The molecule has 0 spiro atoms. The first-order valence-corrected chi connectivity index (χ1v) is 14.4. The van der Waals surface area contributed by atoms with Gasteiger partial charge in [0.1, 0.15) is 11.5 Å². The molecule has 0 unspecified atom stereocenters. The summed E-state index contributed by atoms with van der Waals surface area (Å²) < 4.78 is 8.39. The van der Waals surface area contributed by atoms with Gasteiger partial charge in [0.2, 0.25) is 0 Å². The fourth-order valence-electron chi connectivity index (χ4n) is 5.79. The van der Waals surface area contributed by atoms with Crippen LogP contribution in [0.15, 0.2) is 97.2 Å². The number of rotatable bonds is 6. The summed E-state index contributed by atoms with van der Waals surface area (Å²) >= 11 is 12.4. The maximum atomic E-state index is 6.40. The van der Waals surface area contributed by atoms with Crippen LogP contribution in [0.1, 0.15) is 45.9 Å². The minimum absolute atomic E-state index is 0.125. The second kappa shape index (κ2) is 11.0. The molecule has 1 aliphatic rings. The molecule has 1 N–H and O–H groups in total. The molecule has 206 valence electrons. The van der Waals surface area contributed by atoms with Crippen LogP contribution < -0.4 is 15.0 Å². The van der Waals surface area contributed by atoms with Crippen molar-refractivity contribution in [2.45, 2.75) is 39.8 Å². The number of thiocarbonyl (C=S) groups is 1. The molecule has 41 heavy (non-hydrogen) atoms. The predicted octanol–water partition coefficient (Wildman–Crippen LogP) is 8.73. The van der Waals surface area contributed by atoms with Crippen LogP contribution in [-0.4, -0.2) is 14.7 Å². The van der Waals surface area contributed by atoms with Gasteiger partial charge in [0.05, 0.1) is 17.8 Å². The molecule has 0 amide bonds. The summed E-state index contributed by atoms with van der Waals surface area (Å²) in [5.41, 5.74) is 8.89. The molecule has 1 fully saturated rings. The predicted molar refractivity (Wildman–Crippen MR) is 171 cm³/mol. The summed E-state index contributed by atoms with van der Waals surface area (Å²) in [5, 5.41) is 4.96. The molecule has 0 bridgehead atoms. The Kier molecular flexibility index (Phi) is 7.28. The number of hydrogen-bond acceptors (Lipinski definition) is 3. The molecule has 6 rings (SSSR count). The lowest BCUT2D eigenvalue weighted by Crippen LogP contribution is -2.29. The Morgan fingerprint density at radius 3 is 2.17 bits per heavy atom. The summed E-state index contributed by atoms with van der Waals surface area (Å²) in [6, 6.07) is 29.9. The van der Waals surface area contributed by atoms with Gasteiger partial charge in [-0.15, -0.1) is 0 Å². The van der Waals surface area contributed by atoms with Crippen LogP contribution in [0.5, 0.6) is 11.5 Å². The minimum atomic E-state index is -0.140. The van der Waals surface area contributed by atoms with E-state index in [9.17, 15) is 0 Å². The highest BCUT2D eigenvalue weighted by Gasteiger charge is 2.43. The van der Waals surface area contributed by atoms with E-state index < -0.39 is 0 Å². The summed E-state index contributed by atoms with van der Waals surface area (Å²) in [7, 11) is 0. The van der Waals surface area contributed by atoms with Gasteiger partial charge in [-0.2, -0.15) is 0 Å². The van der Waals surface area contributed by atoms with Crippen LogP contribution in [-0.2, 0) is 0 Å². The van der Waals surface area contributed by atoms with E-state index >= 15 is 0 Å². The lowest BCUT2D eigenvalue weighted by Gasteiger charge is -2.29. The quantitative estimate of drug-likeness (QED) is 0.204. The molecular weight excluding hydrogens is 548 g/mol. The van der Waals surface area contributed by atoms with Crippen LogP contribution in [0.3, 0.4) is 0 Å². The van der Waals surface area contributed by atoms with E-state index in [2.05, 4.69) is 66.7 Å². The molecule has 1 saturated heterocycles. The Morgan fingerprint density at radius 2 is 1.51 bits per heavy atom. The van der Waals surface area contributed by atoms with Gasteiger partial charge in [0, 0.05) is 39.5 Å². The molecule has 1 aliphatic heterocycles. The van der Waals surface area contributed by atoms with Crippen LogP contribution >= 0.6 is 23.8 Å². The lowest BCUT2D eigenvalue weighted by atomic mass is 9.93. The zero-order chi connectivity index (χ0) is 28.7. The SMILES string of the molecule is Cc1ccc(Oc2ccc(N3C(=S)N[C@@H](c4ccccn4)[C@@H]3c3c(C)c(C)n(-c4cccc(Cl)c4)c3C)cc2)cc1. The summed E-state index contributed by atoms with van der Waals surface area (Å²) in [6.07, 6.45) is 1.83. The zero-order valence-electron chi connectivity index (χ0n) is 23.4. The molecule has 3 aromatic carbocycles. The third-order valence-electron chi connectivity index (χ3n) is 7.84. The van der Waals surface area contributed by atoms with Crippen molar-refractivity contribution in [3.8, 4) is 17.2 Å². The summed E-state index contributed by atoms with van der Waals surface area (Å²) in [4.78, 5) is 6.94. The number of aryl methyl sites for hydroxylation is 1. The van der Waals surface area contributed by atoms with Crippen molar-refractivity contribution >= 4 is 34.6 Å². The number of nitrogens with zero attached hydrogens (tertiary/aromatic N) is 3. The van der Waals surface area contributed by atoms with E-state index in [0.29, 0.717) is 10.1 Å². The van der Waals surface area contributed by atoms with Crippen LogP contribution in [0.2, 0.25) is 5.02 Å². The molecular formula is C34H31ClN4OS. The zero-order valence-corrected chi connectivity index (χ0v) is 25.0. The fraction of sp³-hybridized carbons (Fsp3) is 0.176. The number of pyridine rings is 1. The van der Waals surface area contributed by atoms with E-state index in [1.807, 2.05) is 72.9 Å². The number of aromatic nitrogens is 2. The largest absolute Gasteiger partial charge is 0.457 e. The number of nitrogens with one attached hydrogen (secondary N) is 1. The van der Waals surface area contributed by atoms with E-state index in [1.54, 1.807) is 0 Å². The maximum absolute atomic E-state index is 6.40. The van der Waals surface area contributed by atoms with Crippen molar-refractivity contribution in [3.05, 3.63) is 136 Å². The number of halogens is 1. The minimum Gasteiger partial charge on any atom is -0.457 e. The molecule has 3 heterocycles.